The van der Waals surface area contributed by atoms with Crippen LogP contribution in [0.15, 0.2) is 24.3 Å². The summed E-state index contributed by atoms with van der Waals surface area (Å²) in [6, 6.07) is 8.24. The summed E-state index contributed by atoms with van der Waals surface area (Å²) in [7, 11) is 0. The van der Waals surface area contributed by atoms with Crippen LogP contribution in [0.25, 0.3) is 0 Å². The molecular formula is C18H25NO2. The molecule has 0 saturated heterocycles. The Hall–Kier alpha value is -1.51. The first-order chi connectivity index (χ1) is 10.1. The smallest absolute Gasteiger partial charge is 0.306 e. The summed E-state index contributed by atoms with van der Waals surface area (Å²) in [4.78, 5) is 12.2. The Morgan fingerprint density at radius 2 is 2.05 bits per heavy atom. The number of nitrogens with one attached hydrogen (secondary N) is 1. The fourth-order valence-corrected chi connectivity index (χ4v) is 3.58. The van der Waals surface area contributed by atoms with Crippen molar-refractivity contribution in [3.8, 4) is 0 Å². The third-order valence-electron chi connectivity index (χ3n) is 5.20. The Morgan fingerprint density at radius 3 is 2.86 bits per heavy atom. The molecule has 1 heterocycles. The molecule has 3 rings (SSSR count). The quantitative estimate of drug-likeness (QED) is 0.855. The lowest BCUT2D eigenvalue weighted by molar-refractivity contribution is -0.152. The first kappa shape index (κ1) is 14.4. The molecule has 2 aliphatic rings. The summed E-state index contributed by atoms with van der Waals surface area (Å²) in [6.45, 7) is 5.40. The van der Waals surface area contributed by atoms with Crippen molar-refractivity contribution in [3.63, 3.8) is 0 Å². The van der Waals surface area contributed by atoms with Crippen LogP contribution < -0.4 is 5.32 Å². The van der Waals surface area contributed by atoms with Crippen LogP contribution in [0, 0.1) is 11.8 Å². The highest BCUT2D eigenvalue weighted by Crippen LogP contribution is 2.35. The maximum absolute atomic E-state index is 12.2. The van der Waals surface area contributed by atoms with Gasteiger partial charge in [0, 0.05) is 18.2 Å². The highest BCUT2D eigenvalue weighted by Gasteiger charge is 2.29. The van der Waals surface area contributed by atoms with Crippen LogP contribution in [0.3, 0.4) is 0 Å². The standard InChI is InChI=1S/C18H25NO2/c1-12-7-8-15(9-13(12)2)21-18(20)10-14-11-19-17-6-4-3-5-16(14)17/h3-6,12-15,19H,7-11H2,1-2H3. The van der Waals surface area contributed by atoms with Crippen molar-refractivity contribution in [2.45, 2.75) is 51.6 Å². The van der Waals surface area contributed by atoms with Crippen molar-refractivity contribution < 1.29 is 9.53 Å². The number of hydrogen-bond acceptors (Lipinski definition) is 3. The highest BCUT2D eigenvalue weighted by molar-refractivity contribution is 5.72. The Bertz CT molecular complexity index is 514. The van der Waals surface area contributed by atoms with Gasteiger partial charge in [-0.1, -0.05) is 32.0 Å². The molecule has 3 nitrogen and oxygen atoms in total. The number of anilines is 1. The van der Waals surface area contributed by atoms with Crippen LogP contribution in [0.4, 0.5) is 5.69 Å². The zero-order valence-electron chi connectivity index (χ0n) is 13.0. The molecule has 0 radical (unpaired) electrons. The van der Waals surface area contributed by atoms with Gasteiger partial charge in [-0.05, 0) is 42.7 Å². The predicted octanol–water partition coefficient (Wildman–Crippen LogP) is 3.95. The van der Waals surface area contributed by atoms with Crippen LogP contribution in [0.2, 0.25) is 0 Å². The molecule has 114 valence electrons. The second-order valence-corrected chi connectivity index (χ2v) is 6.75. The number of esters is 1. The average Bonchev–Trinajstić information content (AvgIpc) is 2.86. The van der Waals surface area contributed by atoms with Gasteiger partial charge in [-0.3, -0.25) is 4.79 Å². The van der Waals surface area contributed by atoms with Gasteiger partial charge in [-0.15, -0.1) is 0 Å². The topological polar surface area (TPSA) is 38.3 Å². The maximum Gasteiger partial charge on any atom is 0.306 e. The van der Waals surface area contributed by atoms with Gasteiger partial charge in [0.05, 0.1) is 6.42 Å². The van der Waals surface area contributed by atoms with Crippen molar-refractivity contribution in [1.82, 2.24) is 0 Å². The fourth-order valence-electron chi connectivity index (χ4n) is 3.58. The normalized spacial score (nSPS) is 31.3. The van der Waals surface area contributed by atoms with Crippen molar-refractivity contribution in [1.29, 1.82) is 0 Å². The Balaban J connectivity index is 1.54. The molecule has 1 fully saturated rings. The molecule has 0 bridgehead atoms. The van der Waals surface area contributed by atoms with Gasteiger partial charge in [-0.2, -0.15) is 0 Å². The number of para-hydroxylation sites is 1. The van der Waals surface area contributed by atoms with Crippen LogP contribution in [-0.4, -0.2) is 18.6 Å². The van der Waals surface area contributed by atoms with Crippen LogP contribution >= 0.6 is 0 Å². The van der Waals surface area contributed by atoms with Gasteiger partial charge in [0.2, 0.25) is 0 Å². The minimum absolute atomic E-state index is 0.0368. The summed E-state index contributed by atoms with van der Waals surface area (Å²) < 4.78 is 5.72. The lowest BCUT2D eigenvalue weighted by Crippen LogP contribution is -2.29. The Kier molecular flexibility index (Phi) is 4.18. The monoisotopic (exact) mass is 287 g/mol. The number of hydrogen-bond donors (Lipinski definition) is 1. The summed E-state index contributed by atoms with van der Waals surface area (Å²) in [5, 5.41) is 3.36. The molecule has 1 N–H and O–H groups in total. The molecule has 4 unspecified atom stereocenters. The van der Waals surface area contributed by atoms with Gasteiger partial charge in [0.1, 0.15) is 6.10 Å². The second kappa shape index (κ2) is 6.08. The number of rotatable bonds is 3. The molecule has 4 atom stereocenters. The van der Waals surface area contributed by atoms with Crippen LogP contribution in [-0.2, 0) is 9.53 Å². The first-order valence-corrected chi connectivity index (χ1v) is 8.15. The highest BCUT2D eigenvalue weighted by atomic mass is 16.5. The van der Waals surface area contributed by atoms with Crippen molar-refractivity contribution in [2.75, 3.05) is 11.9 Å². The number of fused-ring (bicyclic) bond motifs is 1. The number of ether oxygens (including phenoxy) is 1. The molecule has 0 amide bonds. The van der Waals surface area contributed by atoms with Crippen molar-refractivity contribution in [3.05, 3.63) is 29.8 Å². The van der Waals surface area contributed by atoms with E-state index in [-0.39, 0.29) is 18.0 Å². The fraction of sp³-hybridized carbons (Fsp3) is 0.611. The molecule has 1 saturated carbocycles. The number of carbonyl (C=O) groups excluding carboxylic acids is 1. The predicted molar refractivity (Wildman–Crippen MR) is 84.3 cm³/mol. The van der Waals surface area contributed by atoms with Gasteiger partial charge in [0.15, 0.2) is 0 Å². The summed E-state index contributed by atoms with van der Waals surface area (Å²) >= 11 is 0. The number of benzene rings is 1. The van der Waals surface area contributed by atoms with E-state index in [1.807, 2.05) is 12.1 Å². The molecule has 3 heteroatoms. The third kappa shape index (κ3) is 3.22. The largest absolute Gasteiger partial charge is 0.462 e. The van der Waals surface area contributed by atoms with E-state index in [1.54, 1.807) is 0 Å². The minimum atomic E-state index is -0.0368. The zero-order chi connectivity index (χ0) is 14.8. The molecule has 1 aliphatic heterocycles. The van der Waals surface area contributed by atoms with Gasteiger partial charge >= 0.3 is 5.97 Å². The molecule has 0 spiro atoms. The molecule has 21 heavy (non-hydrogen) atoms. The third-order valence-corrected chi connectivity index (χ3v) is 5.20. The second-order valence-electron chi connectivity index (χ2n) is 6.75. The lowest BCUT2D eigenvalue weighted by Gasteiger charge is -2.31. The Morgan fingerprint density at radius 1 is 1.24 bits per heavy atom. The van der Waals surface area contributed by atoms with E-state index in [0.717, 1.165) is 31.0 Å². The molecule has 1 aromatic carbocycles. The van der Waals surface area contributed by atoms with E-state index in [0.29, 0.717) is 12.3 Å². The maximum atomic E-state index is 12.2. The van der Waals surface area contributed by atoms with E-state index in [1.165, 1.54) is 12.0 Å². The van der Waals surface area contributed by atoms with E-state index < -0.39 is 0 Å². The molecule has 0 aromatic heterocycles. The van der Waals surface area contributed by atoms with Gasteiger partial charge in [0.25, 0.3) is 0 Å². The molecule has 1 aromatic rings. The van der Waals surface area contributed by atoms with E-state index in [2.05, 4.69) is 31.3 Å². The van der Waals surface area contributed by atoms with E-state index in [4.69, 9.17) is 4.74 Å². The van der Waals surface area contributed by atoms with Crippen LogP contribution in [0.1, 0.15) is 51.0 Å². The summed E-state index contributed by atoms with van der Waals surface area (Å²) in [5.74, 6) is 1.63. The summed E-state index contributed by atoms with van der Waals surface area (Å²) in [5.41, 5.74) is 2.41. The average molecular weight is 287 g/mol. The van der Waals surface area contributed by atoms with E-state index in [9.17, 15) is 4.79 Å². The van der Waals surface area contributed by atoms with E-state index >= 15 is 0 Å². The molecular weight excluding hydrogens is 262 g/mol. The first-order valence-electron chi connectivity index (χ1n) is 8.15. The Labute approximate surface area is 127 Å². The van der Waals surface area contributed by atoms with Gasteiger partial charge in [-0.25, -0.2) is 0 Å². The summed E-state index contributed by atoms with van der Waals surface area (Å²) in [6.07, 6.45) is 3.84. The van der Waals surface area contributed by atoms with Crippen LogP contribution in [0.5, 0.6) is 0 Å². The van der Waals surface area contributed by atoms with Crippen molar-refractivity contribution in [2.24, 2.45) is 11.8 Å². The zero-order valence-corrected chi connectivity index (χ0v) is 13.0. The SMILES string of the molecule is CC1CCC(OC(=O)CC2CNc3ccccc32)CC1C. The number of carbonyl (C=O) groups is 1. The molecule has 1 aliphatic carbocycles. The lowest BCUT2D eigenvalue weighted by atomic mass is 9.80. The minimum Gasteiger partial charge on any atom is -0.462 e. The van der Waals surface area contributed by atoms with Gasteiger partial charge < -0.3 is 10.1 Å². The van der Waals surface area contributed by atoms with Crippen molar-refractivity contribution >= 4 is 11.7 Å².